The Hall–Kier alpha value is -0.860. The minimum atomic E-state index is -0.223. The van der Waals surface area contributed by atoms with Crippen molar-refractivity contribution in [1.29, 1.82) is 0 Å². The molecule has 0 spiro atoms. The molecule has 0 bridgehead atoms. The van der Waals surface area contributed by atoms with Crippen LogP contribution in [-0.2, 0) is 6.42 Å². The summed E-state index contributed by atoms with van der Waals surface area (Å²) in [4.78, 5) is 0. The number of hydrogen-bond acceptors (Lipinski definition) is 2. The lowest BCUT2D eigenvalue weighted by molar-refractivity contribution is 0.00679. The number of hydrogen-bond donors (Lipinski definition) is 2. The maximum atomic E-state index is 10.8. The summed E-state index contributed by atoms with van der Waals surface area (Å²) in [5.74, 6) is 1.56. The summed E-state index contributed by atoms with van der Waals surface area (Å²) < 4.78 is 0. The summed E-state index contributed by atoms with van der Waals surface area (Å²) in [7, 11) is 0. The summed E-state index contributed by atoms with van der Waals surface area (Å²) in [5, 5.41) is 21.5. The first-order valence-corrected chi connectivity index (χ1v) is 10.0. The molecule has 0 heterocycles. The van der Waals surface area contributed by atoms with Crippen LogP contribution in [0.5, 0.6) is 0 Å². The topological polar surface area (TPSA) is 40.5 Å². The molecule has 2 heteroatoms. The van der Waals surface area contributed by atoms with Crippen LogP contribution in [0.2, 0.25) is 0 Å². The van der Waals surface area contributed by atoms with Gasteiger partial charge in [0.25, 0.3) is 0 Å². The molecule has 0 saturated heterocycles. The largest absolute Gasteiger partial charge is 0.393 e. The minimum absolute atomic E-state index is 0.0423. The Morgan fingerprint density at radius 1 is 1.17 bits per heavy atom. The Morgan fingerprint density at radius 2 is 1.92 bits per heavy atom. The predicted octanol–water partition coefficient (Wildman–Crippen LogP) is 4.43. The van der Waals surface area contributed by atoms with Gasteiger partial charge in [0.2, 0.25) is 0 Å². The quantitative estimate of drug-likeness (QED) is 0.858. The van der Waals surface area contributed by atoms with Gasteiger partial charge in [-0.25, -0.2) is 0 Å². The van der Waals surface area contributed by atoms with Crippen molar-refractivity contribution in [2.24, 2.45) is 17.3 Å². The molecule has 24 heavy (non-hydrogen) atoms. The van der Waals surface area contributed by atoms with Gasteiger partial charge in [-0.1, -0.05) is 50.5 Å². The van der Waals surface area contributed by atoms with E-state index in [1.54, 1.807) is 0 Å². The van der Waals surface area contributed by atoms with Gasteiger partial charge in [-0.3, -0.25) is 0 Å². The number of benzene rings is 1. The second kappa shape index (κ2) is 6.46. The molecular formula is C22H32O2. The molecular weight excluding hydrogens is 296 g/mol. The van der Waals surface area contributed by atoms with Crippen LogP contribution in [0, 0.1) is 17.3 Å². The van der Waals surface area contributed by atoms with Crippen molar-refractivity contribution in [2.75, 3.05) is 0 Å². The molecule has 1 aromatic carbocycles. The van der Waals surface area contributed by atoms with Gasteiger partial charge in [0.15, 0.2) is 0 Å². The van der Waals surface area contributed by atoms with E-state index in [4.69, 9.17) is 0 Å². The van der Waals surface area contributed by atoms with Gasteiger partial charge in [0.05, 0.1) is 12.2 Å². The SMILES string of the molecule is CC1(CCC(O)C2CCCCC2)C(O)CC2c3ccccc3CC21. The van der Waals surface area contributed by atoms with Gasteiger partial charge in [-0.2, -0.15) is 0 Å². The lowest BCUT2D eigenvalue weighted by Gasteiger charge is -2.36. The van der Waals surface area contributed by atoms with Gasteiger partial charge >= 0.3 is 0 Å². The summed E-state index contributed by atoms with van der Waals surface area (Å²) >= 11 is 0. The molecule has 0 amide bonds. The second-order valence-corrected chi connectivity index (χ2v) is 8.88. The van der Waals surface area contributed by atoms with E-state index in [1.165, 1.54) is 43.2 Å². The van der Waals surface area contributed by atoms with Crippen molar-refractivity contribution in [3.05, 3.63) is 35.4 Å². The van der Waals surface area contributed by atoms with Crippen LogP contribution in [-0.4, -0.2) is 22.4 Å². The Morgan fingerprint density at radius 3 is 2.71 bits per heavy atom. The summed E-state index contributed by atoms with van der Waals surface area (Å²) in [6.45, 7) is 2.28. The molecule has 2 N–H and O–H groups in total. The fourth-order valence-corrected chi connectivity index (χ4v) is 5.98. The Labute approximate surface area is 146 Å². The van der Waals surface area contributed by atoms with Crippen molar-refractivity contribution in [3.63, 3.8) is 0 Å². The molecule has 3 aliphatic rings. The number of aliphatic hydroxyl groups excluding tert-OH is 2. The van der Waals surface area contributed by atoms with E-state index in [0.717, 1.165) is 25.7 Å². The normalized spacial score (nSPS) is 37.2. The molecule has 1 aromatic rings. The Kier molecular flexibility index (Phi) is 4.47. The first-order valence-electron chi connectivity index (χ1n) is 10.0. The number of aliphatic hydroxyl groups is 2. The molecule has 5 unspecified atom stereocenters. The van der Waals surface area contributed by atoms with Crippen molar-refractivity contribution >= 4 is 0 Å². The third kappa shape index (κ3) is 2.72. The zero-order chi connectivity index (χ0) is 16.7. The molecule has 0 aromatic heterocycles. The lowest BCUT2D eigenvalue weighted by Crippen LogP contribution is -2.35. The number of rotatable bonds is 4. The predicted molar refractivity (Wildman–Crippen MR) is 96.9 cm³/mol. The molecule has 0 aliphatic heterocycles. The number of fused-ring (bicyclic) bond motifs is 3. The highest BCUT2D eigenvalue weighted by Crippen LogP contribution is 2.59. The maximum Gasteiger partial charge on any atom is 0.0602 e. The smallest absolute Gasteiger partial charge is 0.0602 e. The van der Waals surface area contributed by atoms with Crippen LogP contribution in [0.15, 0.2) is 24.3 Å². The average molecular weight is 328 g/mol. The van der Waals surface area contributed by atoms with E-state index < -0.39 is 0 Å². The molecule has 2 saturated carbocycles. The monoisotopic (exact) mass is 328 g/mol. The molecule has 132 valence electrons. The van der Waals surface area contributed by atoms with E-state index in [-0.39, 0.29) is 17.6 Å². The highest BCUT2D eigenvalue weighted by molar-refractivity contribution is 5.39. The highest BCUT2D eigenvalue weighted by Gasteiger charge is 2.54. The van der Waals surface area contributed by atoms with E-state index in [9.17, 15) is 10.2 Å². The van der Waals surface area contributed by atoms with Gasteiger partial charge < -0.3 is 10.2 Å². The first-order chi connectivity index (χ1) is 11.6. The zero-order valence-electron chi connectivity index (χ0n) is 15.0. The fraction of sp³-hybridized carbons (Fsp3) is 0.727. The highest BCUT2D eigenvalue weighted by atomic mass is 16.3. The lowest BCUT2D eigenvalue weighted by atomic mass is 9.71. The van der Waals surface area contributed by atoms with E-state index in [0.29, 0.717) is 17.8 Å². The van der Waals surface area contributed by atoms with Crippen molar-refractivity contribution in [2.45, 2.75) is 82.8 Å². The molecule has 5 atom stereocenters. The molecule has 3 aliphatic carbocycles. The molecule has 0 radical (unpaired) electrons. The first kappa shape index (κ1) is 16.6. The van der Waals surface area contributed by atoms with Crippen LogP contribution < -0.4 is 0 Å². The van der Waals surface area contributed by atoms with Crippen LogP contribution in [0.3, 0.4) is 0 Å². The minimum Gasteiger partial charge on any atom is -0.393 e. The fourth-order valence-electron chi connectivity index (χ4n) is 5.98. The Balaban J connectivity index is 1.44. The third-order valence-corrected chi connectivity index (χ3v) is 7.64. The van der Waals surface area contributed by atoms with Crippen LogP contribution >= 0.6 is 0 Å². The van der Waals surface area contributed by atoms with Gasteiger partial charge in [0.1, 0.15) is 0 Å². The van der Waals surface area contributed by atoms with Gasteiger partial charge in [0, 0.05) is 0 Å². The maximum absolute atomic E-state index is 10.8. The van der Waals surface area contributed by atoms with Gasteiger partial charge in [-0.05, 0) is 72.8 Å². The van der Waals surface area contributed by atoms with Crippen molar-refractivity contribution in [1.82, 2.24) is 0 Å². The zero-order valence-corrected chi connectivity index (χ0v) is 15.0. The molecule has 4 rings (SSSR count). The molecule has 2 nitrogen and oxygen atoms in total. The Bertz CT molecular complexity index is 577. The van der Waals surface area contributed by atoms with Crippen LogP contribution in [0.4, 0.5) is 0 Å². The third-order valence-electron chi connectivity index (χ3n) is 7.64. The van der Waals surface area contributed by atoms with Crippen molar-refractivity contribution in [3.8, 4) is 0 Å². The van der Waals surface area contributed by atoms with E-state index in [2.05, 4.69) is 31.2 Å². The summed E-state index contributed by atoms with van der Waals surface area (Å²) in [6, 6.07) is 8.79. The van der Waals surface area contributed by atoms with Crippen LogP contribution in [0.25, 0.3) is 0 Å². The molecule has 2 fully saturated rings. The van der Waals surface area contributed by atoms with Crippen molar-refractivity contribution < 1.29 is 10.2 Å². The standard InChI is InChI=1S/C22H32O2/c1-22(12-11-20(23)15-7-3-2-4-8-15)19-13-16-9-5-6-10-17(16)18(19)14-21(22)24/h5-6,9-10,15,18-21,23-24H,2-4,7-8,11-14H2,1H3. The average Bonchev–Trinajstić information content (AvgIpc) is 3.09. The van der Waals surface area contributed by atoms with Crippen LogP contribution in [0.1, 0.15) is 75.3 Å². The van der Waals surface area contributed by atoms with E-state index in [1.807, 2.05) is 0 Å². The summed E-state index contributed by atoms with van der Waals surface area (Å²) in [5.41, 5.74) is 2.91. The van der Waals surface area contributed by atoms with E-state index >= 15 is 0 Å². The second-order valence-electron chi connectivity index (χ2n) is 8.88. The van der Waals surface area contributed by atoms with Gasteiger partial charge in [-0.15, -0.1) is 0 Å². The summed E-state index contributed by atoms with van der Waals surface area (Å²) in [6.07, 6.45) is 9.71.